The van der Waals surface area contributed by atoms with E-state index in [1.165, 1.54) is 0 Å². The minimum absolute atomic E-state index is 0.181. The van der Waals surface area contributed by atoms with E-state index in [9.17, 15) is 4.79 Å². The first-order valence-corrected chi connectivity index (χ1v) is 4.28. The summed E-state index contributed by atoms with van der Waals surface area (Å²) >= 11 is 0. The molecular formula is C9H10O3. The number of fused-ring (bicyclic) bond motifs is 2. The SMILES string of the molecule is C=C1CC2(CCC3OC32)OC1=O. The molecule has 1 spiro atoms. The maximum atomic E-state index is 11.1. The van der Waals surface area contributed by atoms with Gasteiger partial charge in [-0.05, 0) is 12.8 Å². The van der Waals surface area contributed by atoms with Crippen LogP contribution in [0, 0.1) is 0 Å². The Balaban J connectivity index is 1.93. The first-order chi connectivity index (χ1) is 5.71. The summed E-state index contributed by atoms with van der Waals surface area (Å²) < 4.78 is 10.7. The van der Waals surface area contributed by atoms with Crippen LogP contribution in [0.3, 0.4) is 0 Å². The summed E-state index contributed by atoms with van der Waals surface area (Å²) in [4.78, 5) is 11.1. The Kier molecular flexibility index (Phi) is 0.966. The van der Waals surface area contributed by atoms with Crippen molar-refractivity contribution >= 4 is 5.97 Å². The molecule has 2 aliphatic heterocycles. The van der Waals surface area contributed by atoms with E-state index in [1.54, 1.807) is 0 Å². The molecule has 0 amide bonds. The van der Waals surface area contributed by atoms with Crippen LogP contribution in [-0.2, 0) is 14.3 Å². The van der Waals surface area contributed by atoms with Crippen molar-refractivity contribution in [3.05, 3.63) is 12.2 Å². The third-order valence-corrected chi connectivity index (χ3v) is 3.05. The molecule has 0 bridgehead atoms. The fraction of sp³-hybridized carbons (Fsp3) is 0.667. The molecule has 3 unspecified atom stereocenters. The van der Waals surface area contributed by atoms with E-state index in [4.69, 9.17) is 9.47 Å². The molecule has 0 N–H and O–H groups in total. The zero-order chi connectivity index (χ0) is 8.34. The third-order valence-electron chi connectivity index (χ3n) is 3.05. The summed E-state index contributed by atoms with van der Waals surface area (Å²) in [5.41, 5.74) is 0.296. The highest BCUT2D eigenvalue weighted by atomic mass is 16.6. The van der Waals surface area contributed by atoms with Crippen LogP contribution in [-0.4, -0.2) is 23.8 Å². The highest BCUT2D eigenvalue weighted by molar-refractivity contribution is 5.90. The summed E-state index contributed by atoms with van der Waals surface area (Å²) in [6, 6.07) is 0. The largest absolute Gasteiger partial charge is 0.452 e. The van der Waals surface area contributed by atoms with Crippen molar-refractivity contribution in [3.8, 4) is 0 Å². The summed E-state index contributed by atoms with van der Waals surface area (Å²) in [5, 5.41) is 0. The van der Waals surface area contributed by atoms with Gasteiger partial charge in [0.15, 0.2) is 0 Å². The molecule has 3 heteroatoms. The maximum Gasteiger partial charge on any atom is 0.334 e. The number of hydrogen-bond acceptors (Lipinski definition) is 3. The third kappa shape index (κ3) is 0.630. The van der Waals surface area contributed by atoms with Crippen LogP contribution in [0.5, 0.6) is 0 Å². The van der Waals surface area contributed by atoms with Crippen molar-refractivity contribution in [2.75, 3.05) is 0 Å². The maximum absolute atomic E-state index is 11.1. The minimum atomic E-state index is -0.307. The van der Waals surface area contributed by atoms with Gasteiger partial charge in [0.25, 0.3) is 0 Å². The Morgan fingerprint density at radius 1 is 1.58 bits per heavy atom. The van der Waals surface area contributed by atoms with Crippen LogP contribution in [0.1, 0.15) is 19.3 Å². The smallest absolute Gasteiger partial charge is 0.334 e. The molecule has 0 aromatic carbocycles. The predicted octanol–water partition coefficient (Wildman–Crippen LogP) is 0.789. The number of epoxide rings is 1. The second-order valence-corrected chi connectivity index (χ2v) is 3.87. The van der Waals surface area contributed by atoms with Gasteiger partial charge in [-0.15, -0.1) is 0 Å². The predicted molar refractivity (Wildman–Crippen MR) is 40.5 cm³/mol. The molecule has 3 fully saturated rings. The van der Waals surface area contributed by atoms with E-state index < -0.39 is 0 Å². The topological polar surface area (TPSA) is 38.8 Å². The molecule has 0 aromatic heterocycles. The van der Waals surface area contributed by atoms with Gasteiger partial charge < -0.3 is 9.47 Å². The van der Waals surface area contributed by atoms with Crippen LogP contribution in [0.2, 0.25) is 0 Å². The normalized spacial score (nSPS) is 49.7. The first kappa shape index (κ1) is 6.66. The van der Waals surface area contributed by atoms with Crippen molar-refractivity contribution in [1.29, 1.82) is 0 Å². The van der Waals surface area contributed by atoms with E-state index in [2.05, 4.69) is 6.58 Å². The summed E-state index contributed by atoms with van der Waals surface area (Å²) in [6.45, 7) is 3.68. The average molecular weight is 166 g/mol. The van der Waals surface area contributed by atoms with Gasteiger partial charge in [0, 0.05) is 12.0 Å². The summed E-state index contributed by atoms with van der Waals surface area (Å²) in [5.74, 6) is -0.230. The van der Waals surface area contributed by atoms with E-state index in [-0.39, 0.29) is 17.7 Å². The lowest BCUT2D eigenvalue weighted by molar-refractivity contribution is -0.148. The first-order valence-electron chi connectivity index (χ1n) is 4.28. The Labute approximate surface area is 70.3 Å². The van der Waals surface area contributed by atoms with Crippen molar-refractivity contribution in [2.24, 2.45) is 0 Å². The molecule has 3 rings (SSSR count). The highest BCUT2D eigenvalue weighted by Crippen LogP contribution is 2.53. The molecule has 1 saturated carbocycles. The van der Waals surface area contributed by atoms with Gasteiger partial charge in [-0.25, -0.2) is 4.79 Å². The lowest BCUT2D eigenvalue weighted by Crippen LogP contribution is -2.31. The van der Waals surface area contributed by atoms with Crippen molar-refractivity contribution < 1.29 is 14.3 Å². The van der Waals surface area contributed by atoms with Crippen molar-refractivity contribution in [3.63, 3.8) is 0 Å². The van der Waals surface area contributed by atoms with Gasteiger partial charge in [-0.2, -0.15) is 0 Å². The van der Waals surface area contributed by atoms with E-state index in [1.807, 2.05) is 0 Å². The minimum Gasteiger partial charge on any atom is -0.452 e. The summed E-state index contributed by atoms with van der Waals surface area (Å²) in [7, 11) is 0. The lowest BCUT2D eigenvalue weighted by atomic mass is 9.96. The van der Waals surface area contributed by atoms with Crippen LogP contribution in [0.4, 0.5) is 0 Å². The molecule has 3 atom stereocenters. The van der Waals surface area contributed by atoms with Gasteiger partial charge in [-0.1, -0.05) is 6.58 Å². The second-order valence-electron chi connectivity index (χ2n) is 3.87. The molecule has 3 aliphatic rings. The molecule has 2 heterocycles. The van der Waals surface area contributed by atoms with Gasteiger partial charge >= 0.3 is 5.97 Å². The molecule has 3 nitrogen and oxygen atoms in total. The quantitative estimate of drug-likeness (QED) is 0.303. The van der Waals surface area contributed by atoms with E-state index in [0.29, 0.717) is 18.1 Å². The number of esters is 1. The lowest BCUT2D eigenvalue weighted by Gasteiger charge is -2.21. The molecule has 1 aliphatic carbocycles. The number of carbonyl (C=O) groups is 1. The molecule has 0 radical (unpaired) electrons. The second kappa shape index (κ2) is 1.74. The van der Waals surface area contributed by atoms with Crippen molar-refractivity contribution in [1.82, 2.24) is 0 Å². The number of rotatable bonds is 0. The van der Waals surface area contributed by atoms with E-state index >= 15 is 0 Å². The Morgan fingerprint density at radius 3 is 2.83 bits per heavy atom. The standard InChI is InChI=1S/C9H10O3/c1-5-4-9(12-8(5)10)3-2-6-7(9)11-6/h6-7H,1-4H2. The van der Waals surface area contributed by atoms with E-state index in [0.717, 1.165) is 12.8 Å². The number of hydrogen-bond donors (Lipinski definition) is 0. The Morgan fingerprint density at radius 2 is 2.42 bits per heavy atom. The zero-order valence-electron chi connectivity index (χ0n) is 6.71. The Bertz CT molecular complexity index is 265. The van der Waals surface area contributed by atoms with Crippen LogP contribution in [0.15, 0.2) is 12.2 Å². The van der Waals surface area contributed by atoms with Crippen molar-refractivity contribution in [2.45, 2.75) is 37.1 Å². The van der Waals surface area contributed by atoms with Gasteiger partial charge in [0.2, 0.25) is 0 Å². The Hall–Kier alpha value is -0.830. The highest BCUT2D eigenvalue weighted by Gasteiger charge is 2.65. The molecule has 2 saturated heterocycles. The van der Waals surface area contributed by atoms with Gasteiger partial charge in [0.1, 0.15) is 11.7 Å². The van der Waals surface area contributed by atoms with Gasteiger partial charge in [-0.3, -0.25) is 0 Å². The number of ether oxygens (including phenoxy) is 2. The van der Waals surface area contributed by atoms with Crippen LogP contribution >= 0.6 is 0 Å². The molecule has 64 valence electrons. The fourth-order valence-electron chi connectivity index (χ4n) is 2.38. The monoisotopic (exact) mass is 166 g/mol. The van der Waals surface area contributed by atoms with Crippen LogP contribution < -0.4 is 0 Å². The van der Waals surface area contributed by atoms with Gasteiger partial charge in [0.05, 0.1) is 6.10 Å². The number of carbonyl (C=O) groups excluding carboxylic acids is 1. The molecule has 12 heavy (non-hydrogen) atoms. The zero-order valence-corrected chi connectivity index (χ0v) is 6.71. The molecule has 0 aromatic rings. The molecular weight excluding hydrogens is 156 g/mol. The average Bonchev–Trinajstić information content (AvgIpc) is 2.67. The van der Waals surface area contributed by atoms with Crippen LogP contribution in [0.25, 0.3) is 0 Å². The fourth-order valence-corrected chi connectivity index (χ4v) is 2.38. The summed E-state index contributed by atoms with van der Waals surface area (Å²) in [6.07, 6.45) is 3.20.